The molecule has 150 valence electrons. The van der Waals surface area contributed by atoms with Crippen LogP contribution in [-0.4, -0.2) is 51.7 Å². The van der Waals surface area contributed by atoms with Crippen LogP contribution in [0.3, 0.4) is 0 Å². The van der Waals surface area contributed by atoms with Crippen LogP contribution in [0.4, 0.5) is 0 Å². The monoisotopic (exact) mass is 388 g/mol. The lowest BCUT2D eigenvalue weighted by molar-refractivity contribution is -0.136. The Labute approximate surface area is 172 Å². The van der Waals surface area contributed by atoms with Crippen molar-refractivity contribution in [2.45, 2.75) is 20.4 Å². The lowest BCUT2D eigenvalue weighted by atomic mass is 10.1. The summed E-state index contributed by atoms with van der Waals surface area (Å²) >= 11 is 0. The zero-order valence-electron chi connectivity index (χ0n) is 17.2. The third kappa shape index (κ3) is 4.40. The van der Waals surface area contributed by atoms with Crippen LogP contribution in [0.2, 0.25) is 0 Å². The normalized spacial score (nSPS) is 15.1. The molecule has 4 rings (SSSR count). The third-order valence-corrected chi connectivity index (χ3v) is 5.43. The van der Waals surface area contributed by atoms with Crippen molar-refractivity contribution in [2.24, 2.45) is 5.92 Å². The Balaban J connectivity index is 1.55. The van der Waals surface area contributed by atoms with E-state index in [2.05, 4.69) is 47.5 Å². The van der Waals surface area contributed by atoms with Crippen molar-refractivity contribution < 1.29 is 4.79 Å². The summed E-state index contributed by atoms with van der Waals surface area (Å²) in [4.78, 5) is 16.7. The van der Waals surface area contributed by atoms with Crippen LogP contribution in [0.15, 0.2) is 66.9 Å². The lowest BCUT2D eigenvalue weighted by Gasteiger charge is -2.35. The number of nitrogens with zero attached hydrogens (tertiary/aromatic N) is 4. The van der Waals surface area contributed by atoms with Crippen LogP contribution in [0.1, 0.15) is 19.4 Å². The summed E-state index contributed by atoms with van der Waals surface area (Å²) in [5.41, 5.74) is 4.42. The maximum absolute atomic E-state index is 12.3. The molecule has 2 heterocycles. The molecule has 0 N–H and O–H groups in total. The quantitative estimate of drug-likeness (QED) is 0.667. The van der Waals surface area contributed by atoms with Crippen molar-refractivity contribution in [2.75, 3.05) is 26.2 Å². The first-order valence-corrected chi connectivity index (χ1v) is 10.3. The number of benzene rings is 2. The van der Waals surface area contributed by atoms with Gasteiger partial charge in [-0.15, -0.1) is 0 Å². The molecule has 2 aromatic carbocycles. The summed E-state index contributed by atoms with van der Waals surface area (Å²) in [6.07, 6.45) is 2.14. The second kappa shape index (κ2) is 8.62. The average molecular weight is 389 g/mol. The Morgan fingerprint density at radius 1 is 0.931 bits per heavy atom. The van der Waals surface area contributed by atoms with Crippen LogP contribution in [0, 0.1) is 5.92 Å². The minimum Gasteiger partial charge on any atom is -0.340 e. The number of aromatic nitrogens is 2. The molecule has 1 saturated heterocycles. The molecule has 0 unspecified atom stereocenters. The van der Waals surface area contributed by atoms with E-state index < -0.39 is 0 Å². The molecule has 0 spiro atoms. The van der Waals surface area contributed by atoms with Gasteiger partial charge in [-0.1, -0.05) is 62.4 Å². The van der Waals surface area contributed by atoms with Gasteiger partial charge >= 0.3 is 0 Å². The summed E-state index contributed by atoms with van der Waals surface area (Å²) in [5.74, 6) is 0.321. The maximum Gasteiger partial charge on any atom is 0.225 e. The molecule has 29 heavy (non-hydrogen) atoms. The van der Waals surface area contributed by atoms with Crippen molar-refractivity contribution in [1.29, 1.82) is 0 Å². The molecular formula is C24H28N4O. The Morgan fingerprint density at radius 3 is 2.17 bits per heavy atom. The van der Waals surface area contributed by atoms with Gasteiger partial charge in [-0.3, -0.25) is 9.69 Å². The number of hydrogen-bond donors (Lipinski definition) is 0. The van der Waals surface area contributed by atoms with Crippen LogP contribution >= 0.6 is 0 Å². The fraction of sp³-hybridized carbons (Fsp3) is 0.333. The first-order chi connectivity index (χ1) is 14.1. The molecule has 0 saturated carbocycles. The van der Waals surface area contributed by atoms with Gasteiger partial charge in [-0.25, -0.2) is 4.68 Å². The van der Waals surface area contributed by atoms with E-state index in [0.717, 1.165) is 49.7 Å². The summed E-state index contributed by atoms with van der Waals surface area (Å²) in [6, 6.07) is 20.6. The van der Waals surface area contributed by atoms with Crippen LogP contribution in [0.25, 0.3) is 16.9 Å². The van der Waals surface area contributed by atoms with Crippen molar-refractivity contribution in [3.05, 3.63) is 72.4 Å². The third-order valence-electron chi connectivity index (χ3n) is 5.43. The van der Waals surface area contributed by atoms with E-state index in [1.165, 1.54) is 5.56 Å². The second-order valence-electron chi connectivity index (χ2n) is 7.91. The molecular weight excluding hydrogens is 360 g/mol. The molecule has 1 fully saturated rings. The highest BCUT2D eigenvalue weighted by molar-refractivity contribution is 5.78. The molecule has 5 nitrogen and oxygen atoms in total. The van der Waals surface area contributed by atoms with Gasteiger partial charge in [-0.2, -0.15) is 5.10 Å². The minimum absolute atomic E-state index is 0.0651. The van der Waals surface area contributed by atoms with Crippen molar-refractivity contribution in [3.8, 4) is 16.9 Å². The Kier molecular flexibility index (Phi) is 5.76. The largest absolute Gasteiger partial charge is 0.340 e. The smallest absolute Gasteiger partial charge is 0.225 e. The van der Waals surface area contributed by atoms with E-state index in [0.29, 0.717) is 0 Å². The van der Waals surface area contributed by atoms with Gasteiger partial charge in [0.1, 0.15) is 0 Å². The predicted molar refractivity (Wildman–Crippen MR) is 116 cm³/mol. The van der Waals surface area contributed by atoms with E-state index in [1.54, 1.807) is 0 Å². The van der Waals surface area contributed by atoms with Crippen LogP contribution < -0.4 is 0 Å². The second-order valence-corrected chi connectivity index (χ2v) is 7.91. The van der Waals surface area contributed by atoms with E-state index in [4.69, 9.17) is 5.10 Å². The van der Waals surface area contributed by atoms with E-state index in [9.17, 15) is 4.79 Å². The number of rotatable bonds is 5. The minimum atomic E-state index is 0.0651. The highest BCUT2D eigenvalue weighted by atomic mass is 16.2. The predicted octanol–water partition coefficient (Wildman–Crippen LogP) is 3.84. The first-order valence-electron chi connectivity index (χ1n) is 10.3. The number of carbonyl (C=O) groups is 1. The molecule has 3 aromatic rings. The molecule has 5 heteroatoms. The number of hydrogen-bond acceptors (Lipinski definition) is 3. The van der Waals surface area contributed by atoms with E-state index in [-0.39, 0.29) is 11.8 Å². The fourth-order valence-electron chi connectivity index (χ4n) is 3.81. The van der Waals surface area contributed by atoms with Crippen molar-refractivity contribution in [3.63, 3.8) is 0 Å². The topological polar surface area (TPSA) is 41.4 Å². The molecule has 0 atom stereocenters. The van der Waals surface area contributed by atoms with Gasteiger partial charge in [0.25, 0.3) is 0 Å². The van der Waals surface area contributed by atoms with Gasteiger partial charge in [0.05, 0.1) is 11.4 Å². The van der Waals surface area contributed by atoms with Gasteiger partial charge in [0.2, 0.25) is 5.91 Å². The Hall–Kier alpha value is -2.92. The molecule has 1 amide bonds. The van der Waals surface area contributed by atoms with Gasteiger partial charge in [-0.05, 0) is 12.1 Å². The van der Waals surface area contributed by atoms with Crippen LogP contribution in [-0.2, 0) is 11.3 Å². The van der Waals surface area contributed by atoms with E-state index >= 15 is 0 Å². The average Bonchev–Trinajstić information content (AvgIpc) is 3.19. The summed E-state index contributed by atoms with van der Waals surface area (Å²) in [5, 5.41) is 4.91. The summed E-state index contributed by atoms with van der Waals surface area (Å²) in [6.45, 7) is 8.15. The lowest BCUT2D eigenvalue weighted by Crippen LogP contribution is -2.49. The summed E-state index contributed by atoms with van der Waals surface area (Å²) in [7, 11) is 0. The fourth-order valence-corrected chi connectivity index (χ4v) is 3.81. The number of carbonyl (C=O) groups excluding carboxylic acids is 1. The molecule has 0 aliphatic carbocycles. The molecule has 1 aliphatic heterocycles. The number of para-hydroxylation sites is 1. The van der Waals surface area contributed by atoms with Crippen molar-refractivity contribution in [1.82, 2.24) is 19.6 Å². The molecule has 0 radical (unpaired) electrons. The zero-order valence-corrected chi connectivity index (χ0v) is 17.2. The zero-order chi connectivity index (χ0) is 20.2. The maximum atomic E-state index is 12.3. The summed E-state index contributed by atoms with van der Waals surface area (Å²) < 4.78 is 1.97. The van der Waals surface area contributed by atoms with E-state index in [1.807, 2.05) is 47.7 Å². The molecule has 1 aliphatic rings. The van der Waals surface area contributed by atoms with Gasteiger partial charge < -0.3 is 4.90 Å². The Bertz CT molecular complexity index is 942. The highest BCUT2D eigenvalue weighted by Crippen LogP contribution is 2.25. The number of amides is 1. The first kappa shape index (κ1) is 19.4. The molecule has 1 aromatic heterocycles. The standard InChI is InChI=1S/C24H28N4O/c1-19(2)24(29)27-15-13-26(14-16-27)17-21-18-28(22-11-7-4-8-12-22)25-23(21)20-9-5-3-6-10-20/h3-12,18-19H,13-17H2,1-2H3. The van der Waals surface area contributed by atoms with Gasteiger partial charge in [0.15, 0.2) is 0 Å². The van der Waals surface area contributed by atoms with Crippen LogP contribution in [0.5, 0.6) is 0 Å². The number of piperazine rings is 1. The SMILES string of the molecule is CC(C)C(=O)N1CCN(Cc2cn(-c3ccccc3)nc2-c2ccccc2)CC1. The highest BCUT2D eigenvalue weighted by Gasteiger charge is 2.24. The molecule has 0 bridgehead atoms. The Morgan fingerprint density at radius 2 is 1.55 bits per heavy atom. The van der Waals surface area contributed by atoms with Crippen molar-refractivity contribution >= 4 is 5.91 Å². The van der Waals surface area contributed by atoms with Gasteiger partial charge in [0, 0.05) is 56.0 Å².